The van der Waals surface area contributed by atoms with Crippen LogP contribution in [0, 0.1) is 47.3 Å². The summed E-state index contributed by atoms with van der Waals surface area (Å²) in [6.07, 6.45) is 17.9. The molecular weight excluding hydrogens is 1520 g/mol. The summed E-state index contributed by atoms with van der Waals surface area (Å²) in [6, 6.07) is 31.6. The summed E-state index contributed by atoms with van der Waals surface area (Å²) < 4.78 is 23.4. The number of carbonyl (C=O) groups excluding carboxylic acids is 8. The van der Waals surface area contributed by atoms with E-state index in [9.17, 15) is 19.2 Å². The maximum atomic E-state index is 15.2. The summed E-state index contributed by atoms with van der Waals surface area (Å²) in [7, 11) is 0. The van der Waals surface area contributed by atoms with Crippen molar-refractivity contribution in [3.63, 3.8) is 0 Å². The van der Waals surface area contributed by atoms with Crippen LogP contribution in [0.5, 0.6) is 0 Å². The van der Waals surface area contributed by atoms with Crippen LogP contribution in [0.25, 0.3) is 90.9 Å². The third kappa shape index (κ3) is 18.5. The molecule has 4 amide bonds. The van der Waals surface area contributed by atoms with Gasteiger partial charge < -0.3 is 50.2 Å². The third-order valence-electron chi connectivity index (χ3n) is 24.0. The van der Waals surface area contributed by atoms with E-state index in [1.807, 2.05) is 48.6 Å². The standard InChI is InChI=1S/C96H110N8O12.Co/c1-93(2,3)55-43-53(44-56(47-55)94(4,5)6)79-71-31-35-75(97-71)83-77-37-33-73(99-77)80(54-45-57(95(7,8)9)48-58(46-54)96(10,11)12)74-34-38-78(100-74)84(76-36-32-72(79)98-76)82-68-28-26-30-70(82)104-88(108)62-52-66(62)92(112)116-42-24-20-16-15-19-23-41-115-91(111)65-51-61(65)87(107)103-69-29-25-27-67(81(69)83)101-85(105)59-49-63(59)89(109)113-39-21-17-13-14-18-22-40-114-90(110)64-50-60(64)86(106)102-68;/h25-38,43-48,59-66H,13-24,39-42,49-52H2,1-12H3,(H6,97,98,99,100,101,102,103,104,105,106,107,108);/q;+2/p-2/t59-,60?,61?,62-,63+,64-,65-,66+;/m0./s1. The Hall–Kier alpha value is -10.3. The van der Waals surface area contributed by atoms with Gasteiger partial charge in [0.1, 0.15) is 0 Å². The number of ether oxygens (including phenoxy) is 4. The summed E-state index contributed by atoms with van der Waals surface area (Å²) in [5.41, 5.74) is 12.0. The van der Waals surface area contributed by atoms with Gasteiger partial charge in [0, 0.05) is 11.1 Å². The molecule has 3 aromatic heterocycles. The van der Waals surface area contributed by atoms with Crippen molar-refractivity contribution in [3.8, 4) is 44.5 Å². The van der Waals surface area contributed by atoms with Gasteiger partial charge >= 0.3 is 40.7 Å². The van der Waals surface area contributed by atoms with Gasteiger partial charge in [0.05, 0.1) is 119 Å². The monoisotopic (exact) mass is 1620 g/mol. The number of hydrogen-bond donors (Lipinski definition) is 4. The molecule has 4 N–H and O–H groups in total. The molecule has 4 aliphatic carbocycles. The van der Waals surface area contributed by atoms with Crippen LogP contribution >= 0.6 is 0 Å². The Morgan fingerprint density at radius 3 is 0.778 bits per heavy atom. The molecule has 7 aromatic rings. The first-order valence-electron chi connectivity index (χ1n) is 41.9. The summed E-state index contributed by atoms with van der Waals surface area (Å²) in [5, 5.41) is 13.1. The van der Waals surface area contributed by atoms with Crippen LogP contribution in [0.4, 0.5) is 22.7 Å². The van der Waals surface area contributed by atoms with Crippen LogP contribution in [0.2, 0.25) is 0 Å². The van der Waals surface area contributed by atoms with Crippen molar-refractivity contribution in [2.75, 3.05) is 47.7 Å². The molecule has 9 heterocycles. The number of nitrogens with zero attached hydrogens (tertiary/aromatic N) is 4. The second-order valence-electron chi connectivity index (χ2n) is 37.1. The maximum Gasteiger partial charge on any atom is 2.00 e. The van der Waals surface area contributed by atoms with E-state index in [2.05, 4.69) is 141 Å². The normalized spacial score (nSPS) is 22.7. The smallest absolute Gasteiger partial charge is 0.657 e. The summed E-state index contributed by atoms with van der Waals surface area (Å²) in [5.74, 6) is -9.14. The number of aromatic nitrogens is 4. The second kappa shape index (κ2) is 33.6. The van der Waals surface area contributed by atoms with E-state index in [1.54, 1.807) is 36.4 Å². The van der Waals surface area contributed by atoms with Gasteiger partial charge in [-0.1, -0.05) is 207 Å². The molecule has 2 unspecified atom stereocenters. The summed E-state index contributed by atoms with van der Waals surface area (Å²) in [6.45, 7) is 26.9. The molecule has 4 aromatic carbocycles. The minimum Gasteiger partial charge on any atom is -0.657 e. The van der Waals surface area contributed by atoms with Crippen LogP contribution in [0.1, 0.15) is 231 Å². The fraction of sp³-hybridized carbons (Fsp3) is 0.458. The summed E-state index contributed by atoms with van der Waals surface area (Å²) in [4.78, 5) is 139. The van der Waals surface area contributed by atoms with Crippen molar-refractivity contribution in [1.82, 2.24) is 19.9 Å². The number of esters is 4. The fourth-order valence-electron chi connectivity index (χ4n) is 16.4. The van der Waals surface area contributed by atoms with Crippen LogP contribution in [-0.2, 0) is 95.7 Å². The van der Waals surface area contributed by atoms with Crippen molar-refractivity contribution in [2.24, 2.45) is 47.3 Å². The van der Waals surface area contributed by atoms with Crippen LogP contribution in [0.15, 0.2) is 97.1 Å². The Morgan fingerprint density at radius 2 is 0.530 bits per heavy atom. The van der Waals surface area contributed by atoms with Crippen molar-refractivity contribution >= 4 is 117 Å². The molecule has 8 atom stereocenters. The first-order chi connectivity index (χ1) is 55.3. The number of carbonyl (C=O) groups is 8. The molecule has 0 saturated heterocycles. The average Bonchev–Trinajstić information content (AvgIpc) is 1.64. The van der Waals surface area contributed by atoms with Crippen LogP contribution in [0.3, 0.4) is 0 Å². The molecule has 20 nitrogen and oxygen atoms in total. The van der Waals surface area contributed by atoms with E-state index in [0.29, 0.717) is 127 Å². The number of anilines is 4. The molecule has 1 radical (unpaired) electrons. The SMILES string of the molecule is CC(C)(C)c1cc(-c2c3nc(c4c5ccc([n-]5)c(-c5cc(C(C)(C)C)cc(C(C)(C)C)c5)c5nc(c(c6ccc2[n-]6)-c2c6cccc2NC(=O)[C@H]2C[C@H]2C(=O)OCCCCCCCCOC(=O)[C@H]2CC2C(=O)Nc2cccc(c2-4)NC(=O)[C@H]2C[C@H]2C(=O)OCCCCCCCCOC(=O)[C@H]2CC2C(=O)N6)C=C5)C=C3)cc(C(C)(C)C)c1.[Co+2]. The summed E-state index contributed by atoms with van der Waals surface area (Å²) >= 11 is 0. The van der Waals surface area contributed by atoms with Gasteiger partial charge in [0.25, 0.3) is 0 Å². The molecule has 613 valence electrons. The van der Waals surface area contributed by atoms with E-state index in [0.717, 1.165) is 84.7 Å². The van der Waals surface area contributed by atoms with Crippen molar-refractivity contribution in [3.05, 3.63) is 142 Å². The minimum atomic E-state index is -0.730. The number of nitrogens with one attached hydrogen (secondary N) is 4. The van der Waals surface area contributed by atoms with Crippen LogP contribution < -0.4 is 31.2 Å². The van der Waals surface area contributed by atoms with E-state index in [4.69, 9.17) is 38.9 Å². The first-order valence-corrected chi connectivity index (χ1v) is 41.9. The molecule has 4 fully saturated rings. The molecule has 10 aliphatic rings. The molecule has 6 aliphatic heterocycles. The molecule has 12 bridgehead atoms. The first kappa shape index (κ1) is 83.2. The Morgan fingerprint density at radius 1 is 0.299 bits per heavy atom. The van der Waals surface area contributed by atoms with Crippen molar-refractivity contribution in [1.29, 1.82) is 0 Å². The molecule has 21 heteroatoms. The van der Waals surface area contributed by atoms with E-state index < -0.39 is 94.8 Å². The van der Waals surface area contributed by atoms with Crippen LogP contribution in [-0.4, -0.2) is 83.9 Å². The second-order valence-corrected chi connectivity index (χ2v) is 37.1. The Kier molecular flexibility index (Phi) is 23.9. The van der Waals surface area contributed by atoms with Crippen molar-refractivity contribution in [2.45, 2.75) is 207 Å². The molecule has 0 spiro atoms. The van der Waals surface area contributed by atoms with Gasteiger partial charge in [0.15, 0.2) is 0 Å². The van der Waals surface area contributed by atoms with Gasteiger partial charge in [0.2, 0.25) is 23.6 Å². The number of fused-ring (bicyclic) bond motifs is 26. The predicted octanol–water partition coefficient (Wildman–Crippen LogP) is 18.9. The van der Waals surface area contributed by atoms with E-state index in [1.165, 1.54) is 0 Å². The number of amides is 4. The zero-order valence-electron chi connectivity index (χ0n) is 69.3. The number of benzene rings is 4. The maximum absolute atomic E-state index is 15.2. The number of hydrogen-bond acceptors (Lipinski definition) is 14. The van der Waals surface area contributed by atoms with Gasteiger partial charge in [-0.3, -0.25) is 38.4 Å². The van der Waals surface area contributed by atoms with E-state index >= 15 is 19.2 Å². The zero-order chi connectivity index (χ0) is 81.9. The Balaban J connectivity index is 0.0000113. The molecular formula is C96H108CoN8O12. The average molecular weight is 1620 g/mol. The third-order valence-corrected chi connectivity index (χ3v) is 24.0. The van der Waals surface area contributed by atoms with Gasteiger partial charge in [-0.25, -0.2) is 9.97 Å². The molecule has 4 saturated carbocycles. The van der Waals surface area contributed by atoms with E-state index in [-0.39, 0.29) is 90.5 Å². The largest absolute Gasteiger partial charge is 2.00 e. The molecule has 117 heavy (non-hydrogen) atoms. The fourth-order valence-corrected chi connectivity index (χ4v) is 16.4. The van der Waals surface area contributed by atoms with Gasteiger partial charge in [-0.2, -0.15) is 0 Å². The minimum absolute atomic E-state index is 0. The topological polar surface area (TPSA) is 276 Å². The number of rotatable bonds is 2. The Labute approximate surface area is 695 Å². The van der Waals surface area contributed by atoms with Gasteiger partial charge in [-0.15, -0.1) is 22.1 Å². The van der Waals surface area contributed by atoms with Crippen molar-refractivity contribution < 1.29 is 74.1 Å². The predicted molar refractivity (Wildman–Crippen MR) is 453 cm³/mol. The Bertz CT molecular complexity index is 4830. The zero-order valence-corrected chi connectivity index (χ0v) is 70.4. The molecule has 17 rings (SSSR count). The van der Waals surface area contributed by atoms with Gasteiger partial charge in [-0.05, 0) is 177 Å². The quantitative estimate of drug-likeness (QED) is 0.0925.